The minimum absolute atomic E-state index is 0.0126. The molecule has 0 fully saturated rings. The molecule has 6 heterocycles. The third-order valence-electron chi connectivity index (χ3n) is 17.1. The molecule has 74 heavy (non-hydrogen) atoms. The smallest absolute Gasteiger partial charge is 0.256 e. The quantitative estimate of drug-likeness (QED) is 0.165. The topological polar surface area (TPSA) is 22.3 Å². The standard InChI is InChI=1S/C68H51B2N3O/c1-67(2,3)44-26-20-40(21-27-44)42-24-32-56-53(36-42)69-51-16-10-12-18-55(51)71(46-14-8-7-9-15-46)58-34-30-47-49-38-50-48-31-35-62-64-66(48)73(60(50)39-59(49)72(56)65(47)63(58)69)57-33-25-43(41-22-28-45(29-23-41)68(4,5)6)37-54(57)70(64)52-17-11-13-19-61(52)74-62/h7-39H,1-6H3. The molecule has 0 N–H and O–H groups in total. The van der Waals surface area contributed by atoms with Gasteiger partial charge in [0.25, 0.3) is 13.4 Å². The zero-order chi connectivity index (χ0) is 49.5. The van der Waals surface area contributed by atoms with Crippen LogP contribution in [0.3, 0.4) is 0 Å². The van der Waals surface area contributed by atoms with E-state index < -0.39 is 0 Å². The van der Waals surface area contributed by atoms with E-state index in [0.29, 0.717) is 0 Å². The molecule has 4 nitrogen and oxygen atoms in total. The molecule has 4 aliphatic heterocycles. The van der Waals surface area contributed by atoms with Crippen LogP contribution in [0.25, 0.3) is 77.2 Å². The van der Waals surface area contributed by atoms with E-state index >= 15 is 0 Å². The largest absolute Gasteiger partial charge is 0.458 e. The van der Waals surface area contributed by atoms with Crippen molar-refractivity contribution >= 4 is 107 Å². The molecule has 4 aliphatic rings. The van der Waals surface area contributed by atoms with Gasteiger partial charge in [0.15, 0.2) is 0 Å². The lowest BCUT2D eigenvalue weighted by atomic mass is 9.33. The summed E-state index contributed by atoms with van der Waals surface area (Å²) in [5.74, 6) is 1.86. The Morgan fingerprint density at radius 3 is 1.46 bits per heavy atom. The summed E-state index contributed by atoms with van der Waals surface area (Å²) in [6.45, 7) is 13.8. The number of hydrogen-bond acceptors (Lipinski definition) is 2. The Morgan fingerprint density at radius 1 is 0.351 bits per heavy atom. The van der Waals surface area contributed by atoms with Crippen molar-refractivity contribution in [3.63, 3.8) is 0 Å². The summed E-state index contributed by atoms with van der Waals surface area (Å²) in [4.78, 5) is 2.50. The van der Waals surface area contributed by atoms with Crippen molar-refractivity contribution in [3.05, 3.63) is 211 Å². The Bertz CT molecular complexity index is 4420. The van der Waals surface area contributed by atoms with Gasteiger partial charge in [-0.15, -0.1) is 0 Å². The first-order valence-electron chi connectivity index (χ1n) is 26.3. The highest BCUT2D eigenvalue weighted by atomic mass is 16.5. The Labute approximate surface area is 432 Å². The number of para-hydroxylation sites is 3. The average molecular weight is 948 g/mol. The highest BCUT2D eigenvalue weighted by Crippen LogP contribution is 2.46. The fourth-order valence-corrected chi connectivity index (χ4v) is 13.5. The van der Waals surface area contributed by atoms with Crippen LogP contribution in [0.2, 0.25) is 0 Å². The molecular formula is C68H51B2N3O. The lowest BCUT2D eigenvalue weighted by molar-refractivity contribution is 0.488. The molecule has 0 saturated heterocycles. The molecule has 0 aliphatic carbocycles. The molecule has 0 spiro atoms. The van der Waals surface area contributed by atoms with Gasteiger partial charge in [-0.05, 0) is 144 Å². The summed E-state index contributed by atoms with van der Waals surface area (Å²) >= 11 is 0. The minimum atomic E-state index is 0.0126. The molecule has 0 amide bonds. The minimum Gasteiger partial charge on any atom is -0.458 e. The third-order valence-corrected chi connectivity index (χ3v) is 17.1. The fraction of sp³-hybridized carbons (Fsp3) is 0.118. The summed E-state index contributed by atoms with van der Waals surface area (Å²) in [5.41, 5.74) is 26.5. The van der Waals surface area contributed by atoms with Crippen LogP contribution in [-0.4, -0.2) is 22.6 Å². The number of aromatic nitrogens is 2. The Hall–Kier alpha value is -8.47. The molecule has 16 rings (SSSR count). The first kappa shape index (κ1) is 42.1. The van der Waals surface area contributed by atoms with Crippen LogP contribution in [0.4, 0.5) is 17.1 Å². The van der Waals surface area contributed by atoms with Gasteiger partial charge in [-0.3, -0.25) is 0 Å². The molecule has 350 valence electrons. The van der Waals surface area contributed by atoms with E-state index in [4.69, 9.17) is 4.74 Å². The summed E-state index contributed by atoms with van der Waals surface area (Å²) in [7, 11) is 0. The summed E-state index contributed by atoms with van der Waals surface area (Å²) in [6.07, 6.45) is 0. The molecule has 0 saturated carbocycles. The zero-order valence-electron chi connectivity index (χ0n) is 42.5. The van der Waals surface area contributed by atoms with Gasteiger partial charge in [-0.25, -0.2) is 0 Å². The van der Waals surface area contributed by atoms with Crippen LogP contribution >= 0.6 is 0 Å². The van der Waals surface area contributed by atoms with Gasteiger partial charge in [0.1, 0.15) is 11.5 Å². The molecule has 0 atom stereocenters. The fourth-order valence-electron chi connectivity index (χ4n) is 13.5. The predicted octanol–water partition coefficient (Wildman–Crippen LogP) is 13.4. The van der Waals surface area contributed by atoms with Gasteiger partial charge in [0, 0.05) is 50.0 Å². The van der Waals surface area contributed by atoms with Crippen molar-refractivity contribution in [2.24, 2.45) is 0 Å². The van der Waals surface area contributed by atoms with Gasteiger partial charge in [0.2, 0.25) is 0 Å². The van der Waals surface area contributed by atoms with Crippen molar-refractivity contribution < 1.29 is 4.74 Å². The van der Waals surface area contributed by atoms with Gasteiger partial charge >= 0.3 is 0 Å². The molecule has 10 aromatic carbocycles. The Kier molecular flexibility index (Phi) is 8.31. The van der Waals surface area contributed by atoms with E-state index in [2.05, 4.69) is 256 Å². The molecular weight excluding hydrogens is 896 g/mol. The van der Waals surface area contributed by atoms with E-state index in [-0.39, 0.29) is 24.3 Å². The Morgan fingerprint density at radius 2 is 0.851 bits per heavy atom. The van der Waals surface area contributed by atoms with E-state index in [9.17, 15) is 0 Å². The summed E-state index contributed by atoms with van der Waals surface area (Å²) in [6, 6.07) is 76.0. The average Bonchev–Trinajstić information content (AvgIpc) is 4.07. The number of ether oxygens (including phenoxy) is 1. The maximum atomic E-state index is 6.88. The molecule has 2 aromatic heterocycles. The highest BCUT2D eigenvalue weighted by Gasteiger charge is 2.44. The number of rotatable bonds is 3. The van der Waals surface area contributed by atoms with Crippen molar-refractivity contribution in [3.8, 4) is 45.1 Å². The SMILES string of the molecule is CC(C)(C)c1ccc(-c2ccc3c(c2)B2c4ccccc4Oc4ccc5c6cc7c8ccc9c%10c8n(c7cc6n-3c5c42)-c2ccc(-c3ccc(C(C)(C)C)cc3)cc2B%10c2ccccc2N9c2ccccc2)cc1. The monoisotopic (exact) mass is 947 g/mol. The third kappa shape index (κ3) is 5.66. The Balaban J connectivity index is 0.988. The van der Waals surface area contributed by atoms with Crippen molar-refractivity contribution in [1.82, 2.24) is 9.13 Å². The van der Waals surface area contributed by atoms with Crippen molar-refractivity contribution in [2.45, 2.75) is 52.4 Å². The lowest BCUT2D eigenvalue weighted by Crippen LogP contribution is -2.60. The summed E-state index contributed by atoms with van der Waals surface area (Å²) < 4.78 is 12.1. The van der Waals surface area contributed by atoms with Crippen LogP contribution in [-0.2, 0) is 10.8 Å². The maximum Gasteiger partial charge on any atom is 0.256 e. The second-order valence-electron chi connectivity index (χ2n) is 23.3. The van der Waals surface area contributed by atoms with E-state index in [0.717, 1.165) is 17.2 Å². The second-order valence-corrected chi connectivity index (χ2v) is 23.3. The first-order valence-corrected chi connectivity index (χ1v) is 26.3. The van der Waals surface area contributed by atoms with E-state index in [1.807, 2.05) is 0 Å². The normalized spacial score (nSPS) is 13.8. The maximum absolute atomic E-state index is 6.88. The predicted molar refractivity (Wildman–Crippen MR) is 314 cm³/mol. The van der Waals surface area contributed by atoms with Gasteiger partial charge in [-0.1, -0.05) is 175 Å². The number of nitrogens with zero attached hydrogens (tertiary/aromatic N) is 3. The first-order chi connectivity index (χ1) is 36.0. The van der Waals surface area contributed by atoms with Gasteiger partial charge in [0.05, 0.1) is 22.1 Å². The van der Waals surface area contributed by atoms with Crippen LogP contribution < -0.4 is 42.4 Å². The van der Waals surface area contributed by atoms with Crippen molar-refractivity contribution in [1.29, 1.82) is 0 Å². The lowest BCUT2D eigenvalue weighted by Gasteiger charge is -2.40. The van der Waals surface area contributed by atoms with Crippen LogP contribution in [0, 0.1) is 0 Å². The number of hydrogen-bond donors (Lipinski definition) is 0. The molecule has 0 radical (unpaired) electrons. The highest BCUT2D eigenvalue weighted by molar-refractivity contribution is 7.01. The van der Waals surface area contributed by atoms with Crippen LogP contribution in [0.1, 0.15) is 52.7 Å². The number of benzene rings is 10. The zero-order valence-corrected chi connectivity index (χ0v) is 42.5. The van der Waals surface area contributed by atoms with Crippen LogP contribution in [0.5, 0.6) is 11.5 Å². The van der Waals surface area contributed by atoms with Crippen molar-refractivity contribution in [2.75, 3.05) is 4.90 Å². The van der Waals surface area contributed by atoms with E-state index in [1.54, 1.807) is 0 Å². The summed E-state index contributed by atoms with van der Waals surface area (Å²) in [5, 5.41) is 5.04. The molecule has 0 unspecified atom stereocenters. The molecule has 0 bridgehead atoms. The van der Waals surface area contributed by atoms with E-state index in [1.165, 1.54) is 133 Å². The molecule has 6 heteroatoms. The second kappa shape index (κ2) is 14.6. The van der Waals surface area contributed by atoms with Gasteiger partial charge < -0.3 is 18.8 Å². The van der Waals surface area contributed by atoms with Crippen LogP contribution in [0.15, 0.2) is 200 Å². The number of fused-ring (bicyclic) bond motifs is 16. The van der Waals surface area contributed by atoms with Gasteiger partial charge in [-0.2, -0.15) is 0 Å². The number of anilines is 3. The molecule has 12 aromatic rings.